The highest BCUT2D eigenvalue weighted by atomic mass is 16.5. The molecular weight excluding hydrogens is 286 g/mol. The van der Waals surface area contributed by atoms with Gasteiger partial charge in [0.05, 0.1) is 5.69 Å². The van der Waals surface area contributed by atoms with Gasteiger partial charge in [-0.1, -0.05) is 10.3 Å². The molecule has 0 aromatic carbocycles. The molecular formula is C14H21N5O3. The first-order valence-electron chi connectivity index (χ1n) is 7.21. The number of aryl methyl sites for hydroxylation is 3. The molecule has 0 saturated carbocycles. The van der Waals surface area contributed by atoms with E-state index in [1.807, 2.05) is 20.8 Å². The average Bonchev–Trinajstić information content (AvgIpc) is 2.99. The van der Waals surface area contributed by atoms with E-state index in [0.717, 1.165) is 17.0 Å². The summed E-state index contributed by atoms with van der Waals surface area (Å²) in [4.78, 5) is 15.9. The third kappa shape index (κ3) is 4.31. The number of rotatable bonds is 6. The molecule has 0 unspecified atom stereocenters. The van der Waals surface area contributed by atoms with Crippen molar-refractivity contribution in [3.63, 3.8) is 0 Å². The molecule has 8 heteroatoms. The molecule has 0 aliphatic rings. The minimum atomic E-state index is -0.226. The Bertz CT molecular complexity index is 615. The van der Waals surface area contributed by atoms with Gasteiger partial charge >= 0.3 is 6.03 Å². The third-order valence-corrected chi connectivity index (χ3v) is 3.26. The molecule has 0 spiro atoms. The maximum atomic E-state index is 11.8. The van der Waals surface area contributed by atoms with Gasteiger partial charge in [-0.3, -0.25) is 0 Å². The molecule has 2 heterocycles. The number of hydrogen-bond acceptors (Lipinski definition) is 6. The van der Waals surface area contributed by atoms with Gasteiger partial charge in [0.15, 0.2) is 5.82 Å². The Labute approximate surface area is 128 Å². The lowest BCUT2D eigenvalue weighted by molar-refractivity contribution is 0.237. The van der Waals surface area contributed by atoms with Gasteiger partial charge in [-0.15, -0.1) is 0 Å². The number of nitrogens with one attached hydrogen (secondary N) is 2. The van der Waals surface area contributed by atoms with Crippen molar-refractivity contribution in [2.24, 2.45) is 0 Å². The Balaban J connectivity index is 1.72. The number of hydrogen-bond donors (Lipinski definition) is 2. The zero-order chi connectivity index (χ0) is 16.1. The predicted molar refractivity (Wildman–Crippen MR) is 78.4 cm³/mol. The Morgan fingerprint density at radius 2 is 2.00 bits per heavy atom. The zero-order valence-electron chi connectivity index (χ0n) is 13.3. The van der Waals surface area contributed by atoms with Gasteiger partial charge in [0, 0.05) is 24.6 Å². The average molecular weight is 307 g/mol. The Kier molecular flexibility index (Phi) is 5.13. The Hall–Kier alpha value is -2.38. The van der Waals surface area contributed by atoms with Gasteiger partial charge in [0.25, 0.3) is 0 Å². The van der Waals surface area contributed by atoms with Crippen LogP contribution < -0.4 is 10.6 Å². The van der Waals surface area contributed by atoms with E-state index in [2.05, 4.69) is 25.9 Å². The van der Waals surface area contributed by atoms with Crippen LogP contribution in [0.5, 0.6) is 0 Å². The van der Waals surface area contributed by atoms with Crippen molar-refractivity contribution in [1.82, 2.24) is 25.9 Å². The molecule has 0 radical (unpaired) electrons. The van der Waals surface area contributed by atoms with Crippen LogP contribution in [0.15, 0.2) is 9.05 Å². The van der Waals surface area contributed by atoms with Crippen LogP contribution in [-0.4, -0.2) is 33.9 Å². The van der Waals surface area contributed by atoms with Crippen LogP contribution >= 0.6 is 0 Å². The van der Waals surface area contributed by atoms with E-state index in [9.17, 15) is 4.79 Å². The van der Waals surface area contributed by atoms with E-state index in [1.165, 1.54) is 0 Å². The maximum absolute atomic E-state index is 11.8. The van der Waals surface area contributed by atoms with Crippen molar-refractivity contribution < 1.29 is 13.8 Å². The highest BCUT2D eigenvalue weighted by Crippen LogP contribution is 2.14. The highest BCUT2D eigenvalue weighted by Gasteiger charge is 2.14. The summed E-state index contributed by atoms with van der Waals surface area (Å²) in [5, 5.41) is 13.2. The first-order chi connectivity index (χ1) is 10.5. The number of urea groups is 1. The van der Waals surface area contributed by atoms with Crippen LogP contribution in [0.1, 0.15) is 35.7 Å². The van der Waals surface area contributed by atoms with Crippen molar-refractivity contribution in [3.8, 4) is 0 Å². The molecule has 0 saturated heterocycles. The van der Waals surface area contributed by atoms with Gasteiger partial charge in [0.1, 0.15) is 5.76 Å². The standard InChI is InChI=1S/C14H21N5O3/c1-8(7-12-9(2)18-21-10(12)3)16-14(20)15-6-5-13-17-11(4)19-22-13/h8H,5-7H2,1-4H3,(H2,15,16,20)/t8-/m1/s1. The summed E-state index contributed by atoms with van der Waals surface area (Å²) in [5.41, 5.74) is 1.90. The lowest BCUT2D eigenvalue weighted by Crippen LogP contribution is -2.42. The van der Waals surface area contributed by atoms with Gasteiger partial charge < -0.3 is 19.7 Å². The van der Waals surface area contributed by atoms with Crippen LogP contribution in [0.4, 0.5) is 4.79 Å². The largest absolute Gasteiger partial charge is 0.361 e. The quantitative estimate of drug-likeness (QED) is 0.836. The fourth-order valence-electron chi connectivity index (χ4n) is 2.15. The Morgan fingerprint density at radius 1 is 1.23 bits per heavy atom. The number of carbonyl (C=O) groups excluding carboxylic acids is 1. The van der Waals surface area contributed by atoms with Gasteiger partial charge in [-0.2, -0.15) is 4.98 Å². The van der Waals surface area contributed by atoms with Gasteiger partial charge in [0.2, 0.25) is 5.89 Å². The maximum Gasteiger partial charge on any atom is 0.315 e. The van der Waals surface area contributed by atoms with Crippen molar-refractivity contribution >= 4 is 6.03 Å². The second kappa shape index (κ2) is 7.06. The van der Waals surface area contributed by atoms with Gasteiger partial charge in [-0.25, -0.2) is 4.79 Å². The SMILES string of the molecule is Cc1noc(CCNC(=O)N[C@H](C)Cc2c(C)noc2C)n1. The molecule has 1 atom stereocenters. The molecule has 2 rings (SSSR count). The van der Waals surface area contributed by atoms with Crippen LogP contribution in [0.2, 0.25) is 0 Å². The molecule has 8 nitrogen and oxygen atoms in total. The topological polar surface area (TPSA) is 106 Å². The molecule has 2 aromatic heterocycles. The molecule has 120 valence electrons. The summed E-state index contributed by atoms with van der Waals surface area (Å²) in [7, 11) is 0. The minimum Gasteiger partial charge on any atom is -0.361 e. The zero-order valence-corrected chi connectivity index (χ0v) is 13.3. The van der Waals surface area contributed by atoms with Crippen LogP contribution in [-0.2, 0) is 12.8 Å². The molecule has 2 amide bonds. The predicted octanol–water partition coefficient (Wildman–Crippen LogP) is 1.46. The second-order valence-electron chi connectivity index (χ2n) is 5.29. The molecule has 0 aliphatic carbocycles. The number of aromatic nitrogens is 3. The number of amides is 2. The minimum absolute atomic E-state index is 0.0255. The first-order valence-corrected chi connectivity index (χ1v) is 7.21. The van der Waals surface area contributed by atoms with Crippen molar-refractivity contribution in [1.29, 1.82) is 0 Å². The normalized spacial score (nSPS) is 12.2. The molecule has 0 aliphatic heterocycles. The molecule has 0 bridgehead atoms. The lowest BCUT2D eigenvalue weighted by Gasteiger charge is -2.14. The van der Waals surface area contributed by atoms with E-state index < -0.39 is 0 Å². The second-order valence-corrected chi connectivity index (χ2v) is 5.29. The smallest absolute Gasteiger partial charge is 0.315 e. The molecule has 2 N–H and O–H groups in total. The summed E-state index contributed by atoms with van der Waals surface area (Å²) < 4.78 is 10.1. The first kappa shape index (κ1) is 16.0. The monoisotopic (exact) mass is 307 g/mol. The summed E-state index contributed by atoms with van der Waals surface area (Å²) in [6, 6.07) is -0.252. The lowest BCUT2D eigenvalue weighted by atomic mass is 10.1. The summed E-state index contributed by atoms with van der Waals surface area (Å²) in [6.07, 6.45) is 1.18. The van der Waals surface area contributed by atoms with E-state index in [-0.39, 0.29) is 12.1 Å². The Morgan fingerprint density at radius 3 is 2.59 bits per heavy atom. The van der Waals surface area contributed by atoms with Crippen LogP contribution in [0, 0.1) is 20.8 Å². The van der Waals surface area contributed by atoms with E-state index in [1.54, 1.807) is 6.92 Å². The van der Waals surface area contributed by atoms with Crippen molar-refractivity contribution in [2.75, 3.05) is 6.54 Å². The fourth-order valence-corrected chi connectivity index (χ4v) is 2.15. The summed E-state index contributed by atoms with van der Waals surface area (Å²) in [6.45, 7) is 7.89. The van der Waals surface area contributed by atoms with Crippen LogP contribution in [0.3, 0.4) is 0 Å². The number of nitrogens with zero attached hydrogens (tertiary/aromatic N) is 3. The molecule has 2 aromatic rings. The highest BCUT2D eigenvalue weighted by molar-refractivity contribution is 5.74. The van der Waals surface area contributed by atoms with E-state index in [4.69, 9.17) is 9.05 Å². The third-order valence-electron chi connectivity index (χ3n) is 3.26. The van der Waals surface area contributed by atoms with E-state index >= 15 is 0 Å². The van der Waals surface area contributed by atoms with Crippen molar-refractivity contribution in [2.45, 2.75) is 46.6 Å². The van der Waals surface area contributed by atoms with E-state index in [0.29, 0.717) is 31.1 Å². The number of carbonyl (C=O) groups is 1. The van der Waals surface area contributed by atoms with Crippen molar-refractivity contribution in [3.05, 3.63) is 28.7 Å². The summed E-state index contributed by atoms with van der Waals surface area (Å²) in [5.74, 6) is 1.90. The molecule has 0 fully saturated rings. The summed E-state index contributed by atoms with van der Waals surface area (Å²) >= 11 is 0. The fraction of sp³-hybridized carbons (Fsp3) is 0.571. The van der Waals surface area contributed by atoms with Gasteiger partial charge in [-0.05, 0) is 34.1 Å². The molecule has 22 heavy (non-hydrogen) atoms. The van der Waals surface area contributed by atoms with Crippen LogP contribution in [0.25, 0.3) is 0 Å².